The second kappa shape index (κ2) is 6.06. The number of rotatable bonds is 4. The van der Waals surface area contributed by atoms with E-state index in [1.165, 1.54) is 6.07 Å². The first-order chi connectivity index (χ1) is 9.41. The van der Waals surface area contributed by atoms with Gasteiger partial charge >= 0.3 is 0 Å². The highest BCUT2D eigenvalue weighted by atomic mass is 32.1. The summed E-state index contributed by atoms with van der Waals surface area (Å²) < 4.78 is 13.8. The van der Waals surface area contributed by atoms with Crippen molar-refractivity contribution in [3.05, 3.63) is 29.6 Å². The van der Waals surface area contributed by atoms with E-state index < -0.39 is 0 Å². The Morgan fingerprint density at radius 3 is 2.70 bits per heavy atom. The number of piperidine rings is 1. The zero-order valence-corrected chi connectivity index (χ0v) is 12.9. The average molecular weight is 295 g/mol. The third kappa shape index (κ3) is 3.46. The Morgan fingerprint density at radius 1 is 1.45 bits per heavy atom. The standard InChI is InChI=1S/C15H22FN3S/c1-15(6-8-19(2)9-7-15)10-18-12-5-3-4-11(16)13(12)14(17)20/h3-5,18H,6-10H2,1-2H3,(H2,17,20). The molecule has 110 valence electrons. The van der Waals surface area contributed by atoms with E-state index in [9.17, 15) is 4.39 Å². The minimum Gasteiger partial charge on any atom is -0.389 e. The predicted molar refractivity (Wildman–Crippen MR) is 85.6 cm³/mol. The molecule has 5 heteroatoms. The Kier molecular flexibility index (Phi) is 4.60. The van der Waals surface area contributed by atoms with Crippen LogP contribution >= 0.6 is 12.2 Å². The normalized spacial score (nSPS) is 18.8. The molecule has 1 aliphatic heterocycles. The monoisotopic (exact) mass is 295 g/mol. The van der Waals surface area contributed by atoms with Gasteiger partial charge in [-0.1, -0.05) is 25.2 Å². The number of likely N-dealkylation sites (tertiary alicyclic amines) is 1. The molecule has 3 nitrogen and oxygen atoms in total. The lowest BCUT2D eigenvalue weighted by Gasteiger charge is -2.38. The Morgan fingerprint density at radius 2 is 2.10 bits per heavy atom. The van der Waals surface area contributed by atoms with E-state index in [1.807, 2.05) is 6.07 Å². The second-order valence-corrected chi connectivity index (χ2v) is 6.43. The van der Waals surface area contributed by atoms with Crippen LogP contribution in [-0.4, -0.2) is 36.6 Å². The van der Waals surface area contributed by atoms with Crippen LogP contribution in [0.3, 0.4) is 0 Å². The van der Waals surface area contributed by atoms with Crippen LogP contribution in [-0.2, 0) is 0 Å². The fourth-order valence-corrected chi connectivity index (χ4v) is 2.77. The van der Waals surface area contributed by atoms with Gasteiger partial charge in [-0.15, -0.1) is 0 Å². The van der Waals surface area contributed by atoms with Gasteiger partial charge in [-0.3, -0.25) is 0 Å². The molecule has 2 rings (SSSR count). The van der Waals surface area contributed by atoms with Crippen molar-refractivity contribution in [1.82, 2.24) is 4.90 Å². The van der Waals surface area contributed by atoms with Crippen molar-refractivity contribution in [1.29, 1.82) is 0 Å². The van der Waals surface area contributed by atoms with Gasteiger partial charge in [0.25, 0.3) is 0 Å². The van der Waals surface area contributed by atoms with E-state index in [-0.39, 0.29) is 16.2 Å². The summed E-state index contributed by atoms with van der Waals surface area (Å²) in [6, 6.07) is 4.89. The summed E-state index contributed by atoms with van der Waals surface area (Å²) in [6.07, 6.45) is 2.27. The van der Waals surface area contributed by atoms with Crippen LogP contribution in [0.2, 0.25) is 0 Å². The maximum Gasteiger partial charge on any atom is 0.135 e. The quantitative estimate of drug-likeness (QED) is 0.838. The minimum absolute atomic E-state index is 0.0964. The van der Waals surface area contributed by atoms with Crippen LogP contribution in [0.25, 0.3) is 0 Å². The number of nitrogens with one attached hydrogen (secondary N) is 1. The second-order valence-electron chi connectivity index (χ2n) is 5.99. The summed E-state index contributed by atoms with van der Waals surface area (Å²) in [5.41, 5.74) is 6.86. The Hall–Kier alpha value is -1.20. The van der Waals surface area contributed by atoms with Gasteiger partial charge < -0.3 is 16.0 Å². The molecule has 0 radical (unpaired) electrons. The predicted octanol–water partition coefficient (Wildman–Crippen LogP) is 2.60. The Labute approximate surface area is 125 Å². The van der Waals surface area contributed by atoms with Gasteiger partial charge in [0.05, 0.1) is 5.56 Å². The fraction of sp³-hybridized carbons (Fsp3) is 0.533. The third-order valence-corrected chi connectivity index (χ3v) is 4.36. The van der Waals surface area contributed by atoms with Crippen molar-refractivity contribution in [2.45, 2.75) is 19.8 Å². The number of halogens is 1. The fourth-order valence-electron chi connectivity index (χ4n) is 2.57. The maximum absolute atomic E-state index is 13.8. The van der Waals surface area contributed by atoms with Gasteiger partial charge in [-0.25, -0.2) is 4.39 Å². The summed E-state index contributed by atoms with van der Waals surface area (Å²) in [7, 11) is 2.14. The zero-order chi connectivity index (χ0) is 14.8. The lowest BCUT2D eigenvalue weighted by atomic mass is 9.80. The van der Waals surface area contributed by atoms with E-state index in [1.54, 1.807) is 6.07 Å². The van der Waals surface area contributed by atoms with Gasteiger partial charge in [0.15, 0.2) is 0 Å². The van der Waals surface area contributed by atoms with E-state index in [4.69, 9.17) is 18.0 Å². The van der Waals surface area contributed by atoms with Crippen LogP contribution in [0, 0.1) is 11.2 Å². The largest absolute Gasteiger partial charge is 0.389 e. The molecule has 0 aromatic heterocycles. The number of nitrogens with two attached hydrogens (primary N) is 1. The van der Waals surface area contributed by atoms with E-state index >= 15 is 0 Å². The summed E-state index contributed by atoms with van der Waals surface area (Å²) in [5.74, 6) is -0.365. The lowest BCUT2D eigenvalue weighted by molar-refractivity contribution is 0.150. The molecule has 1 fully saturated rings. The number of hydrogen-bond donors (Lipinski definition) is 2. The van der Waals surface area contributed by atoms with Crippen molar-refractivity contribution in [3.8, 4) is 0 Å². The van der Waals surface area contributed by atoms with Crippen molar-refractivity contribution >= 4 is 22.9 Å². The Balaban J connectivity index is 2.08. The first-order valence-corrected chi connectivity index (χ1v) is 7.33. The molecule has 0 unspecified atom stereocenters. The van der Waals surface area contributed by atoms with Crippen LogP contribution < -0.4 is 11.1 Å². The van der Waals surface area contributed by atoms with Gasteiger partial charge in [-0.05, 0) is 50.5 Å². The number of thiocarbonyl (C=S) groups is 1. The van der Waals surface area contributed by atoms with Gasteiger partial charge in [0.1, 0.15) is 10.8 Å². The lowest BCUT2D eigenvalue weighted by Crippen LogP contribution is -2.40. The molecular formula is C15H22FN3S. The number of benzene rings is 1. The van der Waals surface area contributed by atoms with E-state index in [2.05, 4.69) is 24.2 Å². The molecule has 20 heavy (non-hydrogen) atoms. The summed E-state index contributed by atoms with van der Waals surface area (Å²) >= 11 is 4.94. The topological polar surface area (TPSA) is 41.3 Å². The SMILES string of the molecule is CN1CCC(C)(CNc2cccc(F)c2C(N)=S)CC1. The van der Waals surface area contributed by atoms with Gasteiger partial charge in [0, 0.05) is 12.2 Å². The average Bonchev–Trinajstić information content (AvgIpc) is 2.40. The molecule has 3 N–H and O–H groups in total. The number of anilines is 1. The zero-order valence-electron chi connectivity index (χ0n) is 12.1. The molecule has 1 aliphatic rings. The molecule has 1 saturated heterocycles. The van der Waals surface area contributed by atoms with Crippen molar-refractivity contribution in [3.63, 3.8) is 0 Å². The van der Waals surface area contributed by atoms with Gasteiger partial charge in [0.2, 0.25) is 0 Å². The first-order valence-electron chi connectivity index (χ1n) is 6.92. The molecule has 0 spiro atoms. The highest BCUT2D eigenvalue weighted by molar-refractivity contribution is 7.80. The number of hydrogen-bond acceptors (Lipinski definition) is 3. The molecular weight excluding hydrogens is 273 g/mol. The van der Waals surface area contributed by atoms with Crippen molar-refractivity contribution in [2.75, 3.05) is 32.0 Å². The summed E-state index contributed by atoms with van der Waals surface area (Å²) in [4.78, 5) is 2.43. The molecule has 1 heterocycles. The molecule has 0 saturated carbocycles. The summed E-state index contributed by atoms with van der Waals surface area (Å²) in [5, 5.41) is 3.33. The minimum atomic E-state index is -0.365. The molecule has 0 atom stereocenters. The molecule has 1 aromatic carbocycles. The van der Waals surface area contributed by atoms with Crippen LogP contribution in [0.5, 0.6) is 0 Å². The van der Waals surface area contributed by atoms with E-state index in [0.29, 0.717) is 11.3 Å². The van der Waals surface area contributed by atoms with Crippen LogP contribution in [0.4, 0.5) is 10.1 Å². The first kappa shape index (κ1) is 15.2. The molecule has 0 aliphatic carbocycles. The van der Waals surface area contributed by atoms with Gasteiger partial charge in [-0.2, -0.15) is 0 Å². The smallest absolute Gasteiger partial charge is 0.135 e. The van der Waals surface area contributed by atoms with Crippen molar-refractivity contribution < 1.29 is 4.39 Å². The third-order valence-electron chi connectivity index (χ3n) is 4.16. The highest BCUT2D eigenvalue weighted by Crippen LogP contribution is 2.31. The summed E-state index contributed by atoms with van der Waals surface area (Å²) in [6.45, 7) is 5.28. The molecule has 0 bridgehead atoms. The molecule has 1 aromatic rings. The number of nitrogens with zero attached hydrogens (tertiary/aromatic N) is 1. The maximum atomic E-state index is 13.8. The highest BCUT2D eigenvalue weighted by Gasteiger charge is 2.28. The van der Waals surface area contributed by atoms with Crippen molar-refractivity contribution in [2.24, 2.45) is 11.1 Å². The van der Waals surface area contributed by atoms with E-state index in [0.717, 1.165) is 32.5 Å². The van der Waals surface area contributed by atoms with Crippen LogP contribution in [0.15, 0.2) is 18.2 Å². The van der Waals surface area contributed by atoms with Crippen LogP contribution in [0.1, 0.15) is 25.3 Å². The Bertz CT molecular complexity index is 496. The molecule has 0 amide bonds.